The van der Waals surface area contributed by atoms with Crippen LogP contribution in [0.3, 0.4) is 0 Å². The van der Waals surface area contributed by atoms with Gasteiger partial charge in [0.15, 0.2) is 9.84 Å². The van der Waals surface area contributed by atoms with Crippen LogP contribution in [0.25, 0.3) is 0 Å². The van der Waals surface area contributed by atoms with E-state index in [0.717, 1.165) is 12.8 Å². The van der Waals surface area contributed by atoms with E-state index in [0.29, 0.717) is 19.5 Å². The molecule has 6 nitrogen and oxygen atoms in total. The van der Waals surface area contributed by atoms with Gasteiger partial charge < -0.3 is 15.0 Å². The zero-order valence-electron chi connectivity index (χ0n) is 13.1. The van der Waals surface area contributed by atoms with Crippen molar-refractivity contribution in [2.75, 3.05) is 24.6 Å². The number of likely N-dealkylation sites (tertiary alicyclic amines) is 1. The first kappa shape index (κ1) is 16.5. The zero-order valence-corrected chi connectivity index (χ0v) is 13.9. The van der Waals surface area contributed by atoms with Gasteiger partial charge in [0.05, 0.1) is 11.5 Å². The van der Waals surface area contributed by atoms with Crippen molar-refractivity contribution in [1.82, 2.24) is 10.2 Å². The van der Waals surface area contributed by atoms with Crippen LogP contribution in [0.4, 0.5) is 4.79 Å². The van der Waals surface area contributed by atoms with Crippen molar-refractivity contribution in [2.24, 2.45) is 0 Å². The number of ether oxygens (including phenoxy) is 1. The highest BCUT2D eigenvalue weighted by Gasteiger charge is 2.33. The average Bonchev–Trinajstić information content (AvgIpc) is 2.90. The molecule has 0 radical (unpaired) electrons. The second-order valence-corrected chi connectivity index (χ2v) is 9.21. The number of hydrogen-bond acceptors (Lipinski definition) is 5. The minimum atomic E-state index is -2.86. The number of hydrogen-bond donors (Lipinski definition) is 1. The lowest BCUT2D eigenvalue weighted by Gasteiger charge is -2.29. The van der Waals surface area contributed by atoms with Gasteiger partial charge in [0.25, 0.3) is 0 Å². The topological polar surface area (TPSA) is 75.7 Å². The molecule has 0 aromatic rings. The molecule has 0 aliphatic carbocycles. The first-order valence-corrected chi connectivity index (χ1v) is 9.42. The number of nitrogens with one attached hydrogen (secondary N) is 1. The normalized spacial score (nSPS) is 28.8. The standard InChI is InChI=1S/C14H26N2O4S/c1-14(2,3)20-13(17)16-7-4-5-12(16)9-15-11-6-8-21(18,19)10-11/h11-12,15H,4-10H2,1-3H3. The van der Waals surface area contributed by atoms with E-state index in [9.17, 15) is 13.2 Å². The Kier molecular flexibility index (Phi) is 4.82. The highest BCUT2D eigenvalue weighted by Crippen LogP contribution is 2.21. The van der Waals surface area contributed by atoms with Crippen molar-refractivity contribution in [2.45, 2.75) is 57.7 Å². The van der Waals surface area contributed by atoms with Gasteiger partial charge in [0.1, 0.15) is 5.60 Å². The molecule has 1 amide bonds. The first-order chi connectivity index (χ1) is 9.66. The Hall–Kier alpha value is -0.820. The van der Waals surface area contributed by atoms with Crippen LogP contribution in [0.15, 0.2) is 0 Å². The fourth-order valence-electron chi connectivity index (χ4n) is 2.87. The highest BCUT2D eigenvalue weighted by molar-refractivity contribution is 7.91. The molecule has 122 valence electrons. The van der Waals surface area contributed by atoms with Gasteiger partial charge in [-0.3, -0.25) is 0 Å². The summed E-state index contributed by atoms with van der Waals surface area (Å²) in [5.74, 6) is 0.483. The molecule has 0 spiro atoms. The predicted octanol–water partition coefficient (Wildman–Crippen LogP) is 1.16. The number of sulfone groups is 1. The molecule has 1 N–H and O–H groups in total. The third-order valence-corrected chi connectivity index (χ3v) is 5.65. The van der Waals surface area contributed by atoms with Gasteiger partial charge >= 0.3 is 6.09 Å². The van der Waals surface area contributed by atoms with Crippen LogP contribution in [-0.2, 0) is 14.6 Å². The molecule has 21 heavy (non-hydrogen) atoms. The van der Waals surface area contributed by atoms with Crippen molar-refractivity contribution in [1.29, 1.82) is 0 Å². The van der Waals surface area contributed by atoms with Crippen molar-refractivity contribution in [3.05, 3.63) is 0 Å². The summed E-state index contributed by atoms with van der Waals surface area (Å²) in [5.41, 5.74) is -0.489. The van der Waals surface area contributed by atoms with Crippen LogP contribution in [0, 0.1) is 0 Å². The lowest BCUT2D eigenvalue weighted by Crippen LogP contribution is -2.46. The molecule has 2 atom stereocenters. The van der Waals surface area contributed by atoms with Gasteiger partial charge in [0, 0.05) is 25.2 Å². The van der Waals surface area contributed by atoms with Crippen LogP contribution < -0.4 is 5.32 Å². The van der Waals surface area contributed by atoms with Gasteiger partial charge in [-0.25, -0.2) is 13.2 Å². The van der Waals surface area contributed by atoms with Crippen molar-refractivity contribution < 1.29 is 17.9 Å². The largest absolute Gasteiger partial charge is 0.444 e. The molecule has 2 unspecified atom stereocenters. The van der Waals surface area contributed by atoms with E-state index in [1.54, 1.807) is 4.90 Å². The lowest BCUT2D eigenvalue weighted by atomic mass is 10.2. The number of carbonyl (C=O) groups is 1. The summed E-state index contributed by atoms with van der Waals surface area (Å²) in [6.45, 7) is 6.93. The molecule has 2 heterocycles. The van der Waals surface area contributed by atoms with Crippen LogP contribution in [0.5, 0.6) is 0 Å². The van der Waals surface area contributed by atoms with Crippen LogP contribution in [-0.4, -0.2) is 61.7 Å². The summed E-state index contributed by atoms with van der Waals surface area (Å²) < 4.78 is 28.3. The van der Waals surface area contributed by atoms with Gasteiger partial charge in [-0.1, -0.05) is 0 Å². The highest BCUT2D eigenvalue weighted by atomic mass is 32.2. The minimum absolute atomic E-state index is 0.0242. The van der Waals surface area contributed by atoms with Gasteiger partial charge in [0.2, 0.25) is 0 Å². The molecule has 0 aromatic heterocycles. The van der Waals surface area contributed by atoms with E-state index in [2.05, 4.69) is 5.32 Å². The second kappa shape index (κ2) is 6.12. The maximum Gasteiger partial charge on any atom is 0.410 e. The van der Waals surface area contributed by atoms with E-state index in [4.69, 9.17) is 4.74 Å². The Bertz CT molecular complexity index is 484. The molecule has 2 aliphatic rings. The summed E-state index contributed by atoms with van der Waals surface area (Å²) >= 11 is 0. The number of nitrogens with zero attached hydrogens (tertiary/aromatic N) is 1. The molecule has 0 aromatic carbocycles. The number of amides is 1. The first-order valence-electron chi connectivity index (χ1n) is 7.60. The SMILES string of the molecule is CC(C)(C)OC(=O)N1CCCC1CNC1CCS(=O)(=O)C1. The van der Waals surface area contributed by atoms with Crippen molar-refractivity contribution in [3.63, 3.8) is 0 Å². The molecule has 7 heteroatoms. The van der Waals surface area contributed by atoms with E-state index < -0.39 is 15.4 Å². The van der Waals surface area contributed by atoms with Crippen molar-refractivity contribution >= 4 is 15.9 Å². The predicted molar refractivity (Wildman–Crippen MR) is 81.0 cm³/mol. The quantitative estimate of drug-likeness (QED) is 0.845. The Morgan fingerprint density at radius 2 is 2.05 bits per heavy atom. The third kappa shape index (κ3) is 4.85. The molecule has 0 bridgehead atoms. The minimum Gasteiger partial charge on any atom is -0.444 e. The smallest absolute Gasteiger partial charge is 0.410 e. The summed E-state index contributed by atoms with van der Waals surface area (Å²) in [5, 5.41) is 3.30. The van der Waals surface area contributed by atoms with Crippen molar-refractivity contribution in [3.8, 4) is 0 Å². The summed E-state index contributed by atoms with van der Waals surface area (Å²) in [6, 6.07) is 0.124. The molecule has 2 rings (SSSR count). The molecule has 2 fully saturated rings. The number of carbonyl (C=O) groups excluding carboxylic acids is 1. The van der Waals surface area contributed by atoms with E-state index in [1.807, 2.05) is 20.8 Å². The zero-order chi connectivity index (χ0) is 15.7. The summed E-state index contributed by atoms with van der Waals surface area (Å²) in [4.78, 5) is 13.9. The molecular formula is C14H26N2O4S. The summed E-state index contributed by atoms with van der Waals surface area (Å²) in [7, 11) is -2.86. The van der Waals surface area contributed by atoms with Gasteiger partial charge in [-0.05, 0) is 40.0 Å². The Balaban J connectivity index is 1.84. The maximum atomic E-state index is 12.2. The van der Waals surface area contributed by atoms with Crippen LogP contribution in [0.2, 0.25) is 0 Å². The maximum absolute atomic E-state index is 12.2. The summed E-state index contributed by atoms with van der Waals surface area (Å²) in [6.07, 6.45) is 2.30. The van der Waals surface area contributed by atoms with Crippen LogP contribution >= 0.6 is 0 Å². The average molecular weight is 318 g/mol. The Morgan fingerprint density at radius 1 is 1.33 bits per heavy atom. The van der Waals surface area contributed by atoms with E-state index >= 15 is 0 Å². The number of rotatable bonds is 3. The fourth-order valence-corrected chi connectivity index (χ4v) is 4.58. The van der Waals surface area contributed by atoms with Gasteiger partial charge in [-0.15, -0.1) is 0 Å². The van der Waals surface area contributed by atoms with Gasteiger partial charge in [-0.2, -0.15) is 0 Å². The van der Waals surface area contributed by atoms with E-state index in [-0.39, 0.29) is 29.7 Å². The Morgan fingerprint density at radius 3 is 2.62 bits per heavy atom. The molecule has 0 saturated carbocycles. The van der Waals surface area contributed by atoms with Crippen LogP contribution in [0.1, 0.15) is 40.0 Å². The third-order valence-electron chi connectivity index (χ3n) is 3.88. The fraction of sp³-hybridized carbons (Fsp3) is 0.929. The monoisotopic (exact) mass is 318 g/mol. The van der Waals surface area contributed by atoms with E-state index in [1.165, 1.54) is 0 Å². The molecule has 2 saturated heterocycles. The lowest BCUT2D eigenvalue weighted by molar-refractivity contribution is 0.0225. The molecule has 2 aliphatic heterocycles. The second-order valence-electron chi connectivity index (χ2n) is 6.98. The molecular weight excluding hydrogens is 292 g/mol. The Labute approximate surface area is 127 Å².